The van der Waals surface area contributed by atoms with Crippen molar-refractivity contribution >= 4 is 5.78 Å². The van der Waals surface area contributed by atoms with Crippen LogP contribution >= 0.6 is 0 Å². The summed E-state index contributed by atoms with van der Waals surface area (Å²) >= 11 is 0. The lowest BCUT2D eigenvalue weighted by Gasteiger charge is -2.14. The molecule has 0 saturated carbocycles. The number of halogens is 3. The van der Waals surface area contributed by atoms with Crippen molar-refractivity contribution < 1.29 is 32.2 Å². The van der Waals surface area contributed by atoms with E-state index >= 15 is 0 Å². The van der Waals surface area contributed by atoms with Crippen LogP contribution in [0.5, 0.6) is 17.2 Å². The van der Waals surface area contributed by atoms with Crippen LogP contribution in [-0.2, 0) is 12.6 Å². The molecule has 0 spiro atoms. The van der Waals surface area contributed by atoms with Gasteiger partial charge in [0, 0.05) is 6.42 Å². The Kier molecular flexibility index (Phi) is 5.56. The predicted molar refractivity (Wildman–Crippen MR) is 85.6 cm³/mol. The van der Waals surface area contributed by atoms with Gasteiger partial charge in [-0.05, 0) is 35.9 Å². The van der Waals surface area contributed by atoms with Gasteiger partial charge >= 0.3 is 6.18 Å². The lowest BCUT2D eigenvalue weighted by molar-refractivity contribution is -0.138. The van der Waals surface area contributed by atoms with Crippen molar-refractivity contribution in [3.05, 3.63) is 53.1 Å². The lowest BCUT2D eigenvalue weighted by Crippen LogP contribution is -2.10. The fraction of sp³-hybridized carbons (Fsp3) is 0.278. The van der Waals surface area contributed by atoms with Crippen molar-refractivity contribution in [1.82, 2.24) is 0 Å². The Balaban J connectivity index is 2.32. The zero-order chi connectivity index (χ0) is 18.6. The molecule has 0 amide bonds. The summed E-state index contributed by atoms with van der Waals surface area (Å²) < 4.78 is 53.8. The first-order chi connectivity index (χ1) is 11.8. The van der Waals surface area contributed by atoms with Gasteiger partial charge in [-0.1, -0.05) is 6.07 Å². The van der Waals surface area contributed by atoms with Crippen molar-refractivity contribution in [2.75, 3.05) is 21.3 Å². The Hall–Kier alpha value is -2.70. The summed E-state index contributed by atoms with van der Waals surface area (Å²) in [6.45, 7) is 0. The van der Waals surface area contributed by atoms with E-state index in [2.05, 4.69) is 0 Å². The Morgan fingerprint density at radius 2 is 1.60 bits per heavy atom. The molecule has 0 aliphatic rings. The van der Waals surface area contributed by atoms with Gasteiger partial charge in [-0.3, -0.25) is 4.79 Å². The van der Waals surface area contributed by atoms with Crippen LogP contribution in [0.1, 0.15) is 21.5 Å². The van der Waals surface area contributed by atoms with Crippen LogP contribution in [0.2, 0.25) is 0 Å². The summed E-state index contributed by atoms with van der Waals surface area (Å²) in [5, 5.41) is 0. The van der Waals surface area contributed by atoms with E-state index in [9.17, 15) is 18.0 Å². The van der Waals surface area contributed by atoms with Gasteiger partial charge in [-0.25, -0.2) is 0 Å². The number of carbonyl (C=O) groups excluding carboxylic acids is 1. The van der Waals surface area contributed by atoms with Gasteiger partial charge < -0.3 is 14.2 Å². The summed E-state index contributed by atoms with van der Waals surface area (Å²) in [6, 6.07) is 8.16. The molecular formula is C18H17F3O4. The number of ketones is 1. The number of rotatable bonds is 6. The molecule has 25 heavy (non-hydrogen) atoms. The molecule has 0 saturated heterocycles. The average Bonchev–Trinajstić information content (AvgIpc) is 2.59. The number of benzene rings is 2. The molecule has 134 valence electrons. The summed E-state index contributed by atoms with van der Waals surface area (Å²) in [4.78, 5) is 12.5. The molecule has 0 fully saturated rings. The molecule has 4 nitrogen and oxygen atoms in total. The third kappa shape index (κ3) is 4.23. The standard InChI is InChI=1S/C18H17F3O4/c1-23-12-5-7-16(24-2)13(10-12)15(22)8-11-4-6-14(18(19,20)21)17(9-11)25-3/h4-7,9-10H,8H2,1-3H3. The van der Waals surface area contributed by atoms with E-state index in [-0.39, 0.29) is 18.0 Å². The summed E-state index contributed by atoms with van der Waals surface area (Å²) in [7, 11) is 4.05. The smallest absolute Gasteiger partial charge is 0.419 e. The predicted octanol–water partition coefficient (Wildman–Crippen LogP) is 4.16. The van der Waals surface area contributed by atoms with E-state index < -0.39 is 11.7 Å². The number of Topliss-reactive ketones (excluding diaryl/α,β-unsaturated/α-hetero) is 1. The van der Waals surface area contributed by atoms with Crippen LogP contribution in [-0.4, -0.2) is 27.1 Å². The van der Waals surface area contributed by atoms with Crippen molar-refractivity contribution in [2.24, 2.45) is 0 Å². The minimum atomic E-state index is -4.52. The van der Waals surface area contributed by atoms with Gasteiger partial charge in [-0.15, -0.1) is 0 Å². The second kappa shape index (κ2) is 7.46. The zero-order valence-corrected chi connectivity index (χ0v) is 13.9. The van der Waals surface area contributed by atoms with E-state index in [1.165, 1.54) is 32.4 Å². The molecule has 7 heteroatoms. The van der Waals surface area contributed by atoms with Gasteiger partial charge in [0.1, 0.15) is 17.2 Å². The molecular weight excluding hydrogens is 337 g/mol. The highest BCUT2D eigenvalue weighted by molar-refractivity contribution is 6.00. The Labute approximate surface area is 143 Å². The largest absolute Gasteiger partial charge is 0.497 e. The van der Waals surface area contributed by atoms with E-state index in [1.54, 1.807) is 12.1 Å². The Morgan fingerprint density at radius 3 is 2.16 bits per heavy atom. The van der Waals surface area contributed by atoms with E-state index in [0.717, 1.165) is 13.2 Å². The molecule has 0 unspecified atom stereocenters. The first-order valence-electron chi connectivity index (χ1n) is 7.29. The monoisotopic (exact) mass is 354 g/mol. The molecule has 0 N–H and O–H groups in total. The molecule has 0 aliphatic heterocycles. The normalized spacial score (nSPS) is 11.1. The molecule has 0 atom stereocenters. The number of carbonyl (C=O) groups is 1. The molecule has 2 rings (SSSR count). The van der Waals surface area contributed by atoms with E-state index in [1.807, 2.05) is 0 Å². The average molecular weight is 354 g/mol. The molecule has 0 aromatic heterocycles. The number of hydrogen-bond acceptors (Lipinski definition) is 4. The fourth-order valence-corrected chi connectivity index (χ4v) is 2.39. The zero-order valence-electron chi connectivity index (χ0n) is 13.9. The maximum atomic E-state index is 12.9. The summed E-state index contributed by atoms with van der Waals surface area (Å²) in [6.07, 6.45) is -4.62. The summed E-state index contributed by atoms with van der Waals surface area (Å²) in [5.41, 5.74) is -0.189. The van der Waals surface area contributed by atoms with Crippen LogP contribution in [0.25, 0.3) is 0 Å². The Morgan fingerprint density at radius 1 is 0.920 bits per heavy atom. The Bertz CT molecular complexity index is 769. The minimum absolute atomic E-state index is 0.0992. The van der Waals surface area contributed by atoms with Gasteiger partial charge in [0.25, 0.3) is 0 Å². The second-order valence-corrected chi connectivity index (χ2v) is 5.20. The third-order valence-corrected chi connectivity index (χ3v) is 3.64. The molecule has 0 bridgehead atoms. The molecule has 2 aromatic rings. The lowest BCUT2D eigenvalue weighted by atomic mass is 10.00. The van der Waals surface area contributed by atoms with Gasteiger partial charge in [-0.2, -0.15) is 13.2 Å². The van der Waals surface area contributed by atoms with Crippen LogP contribution < -0.4 is 14.2 Å². The van der Waals surface area contributed by atoms with E-state index in [4.69, 9.17) is 14.2 Å². The first kappa shape index (κ1) is 18.6. The quantitative estimate of drug-likeness (QED) is 0.731. The number of ether oxygens (including phenoxy) is 3. The fourth-order valence-electron chi connectivity index (χ4n) is 2.39. The molecule has 0 aliphatic carbocycles. The molecule has 0 heterocycles. The third-order valence-electron chi connectivity index (χ3n) is 3.64. The first-order valence-corrected chi connectivity index (χ1v) is 7.29. The van der Waals surface area contributed by atoms with Gasteiger partial charge in [0.05, 0.1) is 32.5 Å². The van der Waals surface area contributed by atoms with Crippen molar-refractivity contribution in [1.29, 1.82) is 0 Å². The molecule has 2 aromatic carbocycles. The second-order valence-electron chi connectivity index (χ2n) is 5.20. The summed E-state index contributed by atoms with van der Waals surface area (Å²) in [5.74, 6) is 0.215. The van der Waals surface area contributed by atoms with Crippen molar-refractivity contribution in [3.63, 3.8) is 0 Å². The van der Waals surface area contributed by atoms with E-state index in [0.29, 0.717) is 22.6 Å². The maximum absolute atomic E-state index is 12.9. The SMILES string of the molecule is COc1ccc(OC)c(C(=O)Cc2ccc(C(F)(F)F)c(OC)c2)c1. The highest BCUT2D eigenvalue weighted by atomic mass is 19.4. The van der Waals surface area contributed by atoms with Crippen LogP contribution in [0.4, 0.5) is 13.2 Å². The highest BCUT2D eigenvalue weighted by Crippen LogP contribution is 2.37. The van der Waals surface area contributed by atoms with Gasteiger partial charge in [0.15, 0.2) is 5.78 Å². The number of methoxy groups -OCH3 is 3. The maximum Gasteiger partial charge on any atom is 0.419 e. The van der Waals surface area contributed by atoms with Gasteiger partial charge in [0.2, 0.25) is 0 Å². The van der Waals surface area contributed by atoms with Crippen LogP contribution in [0, 0.1) is 0 Å². The van der Waals surface area contributed by atoms with Crippen LogP contribution in [0.3, 0.4) is 0 Å². The minimum Gasteiger partial charge on any atom is -0.497 e. The molecule has 0 radical (unpaired) electrons. The van der Waals surface area contributed by atoms with Crippen LogP contribution in [0.15, 0.2) is 36.4 Å². The highest BCUT2D eigenvalue weighted by Gasteiger charge is 2.34. The van der Waals surface area contributed by atoms with Crippen molar-refractivity contribution in [2.45, 2.75) is 12.6 Å². The van der Waals surface area contributed by atoms with Crippen molar-refractivity contribution in [3.8, 4) is 17.2 Å². The number of alkyl halides is 3. The number of hydrogen-bond donors (Lipinski definition) is 0. The topological polar surface area (TPSA) is 44.8 Å².